The van der Waals surface area contributed by atoms with Crippen LogP contribution in [-0.2, 0) is 16.1 Å². The van der Waals surface area contributed by atoms with Crippen LogP contribution in [0.2, 0.25) is 0 Å². The van der Waals surface area contributed by atoms with Gasteiger partial charge in [-0.3, -0.25) is 0 Å². The highest BCUT2D eigenvalue weighted by Crippen LogP contribution is 2.35. The van der Waals surface area contributed by atoms with Crippen LogP contribution in [0.25, 0.3) is 0 Å². The number of fused-ring (bicyclic) bond motifs is 1. The third-order valence-electron chi connectivity index (χ3n) is 5.11. The number of esters is 1. The first-order chi connectivity index (χ1) is 16.0. The van der Waals surface area contributed by atoms with Gasteiger partial charge >= 0.3 is 5.97 Å². The van der Waals surface area contributed by atoms with Crippen LogP contribution in [0.5, 0.6) is 23.0 Å². The number of hydrogen-bond acceptors (Lipinski definition) is 7. The smallest absolute Gasteiger partial charge is 0.351 e. The van der Waals surface area contributed by atoms with E-state index in [1.54, 1.807) is 36.4 Å². The molecule has 0 bridgehead atoms. The third kappa shape index (κ3) is 4.67. The highest BCUT2D eigenvalue weighted by molar-refractivity contribution is 5.77. The molecule has 0 aromatic heterocycles. The van der Waals surface area contributed by atoms with E-state index in [0.717, 1.165) is 17.2 Å². The highest BCUT2D eigenvalue weighted by Gasteiger charge is 2.27. The second-order valence-corrected chi connectivity index (χ2v) is 7.24. The van der Waals surface area contributed by atoms with Crippen molar-refractivity contribution in [2.75, 3.05) is 13.9 Å². The number of benzene rings is 3. The van der Waals surface area contributed by atoms with Gasteiger partial charge in [0.1, 0.15) is 35.6 Å². The van der Waals surface area contributed by atoms with Crippen molar-refractivity contribution in [3.8, 4) is 29.1 Å². The van der Waals surface area contributed by atoms with Crippen molar-refractivity contribution in [3.05, 3.63) is 82.7 Å². The van der Waals surface area contributed by atoms with Gasteiger partial charge in [-0.2, -0.15) is 5.26 Å². The molecule has 33 heavy (non-hydrogen) atoms. The van der Waals surface area contributed by atoms with Crippen LogP contribution in [0, 0.1) is 24.1 Å². The molecule has 0 saturated carbocycles. The highest BCUT2D eigenvalue weighted by atomic mass is 19.1. The van der Waals surface area contributed by atoms with Crippen molar-refractivity contribution < 1.29 is 32.9 Å². The van der Waals surface area contributed by atoms with Crippen molar-refractivity contribution in [2.45, 2.75) is 19.6 Å². The van der Waals surface area contributed by atoms with E-state index < -0.39 is 17.9 Å². The molecule has 0 spiro atoms. The number of rotatable bonds is 7. The number of halogens is 1. The molecule has 0 N–H and O–H groups in total. The van der Waals surface area contributed by atoms with E-state index >= 15 is 0 Å². The lowest BCUT2D eigenvalue weighted by Gasteiger charge is -2.20. The fourth-order valence-corrected chi connectivity index (χ4v) is 3.39. The van der Waals surface area contributed by atoms with Crippen LogP contribution in [0.15, 0.2) is 54.6 Å². The van der Waals surface area contributed by atoms with Gasteiger partial charge in [0.15, 0.2) is 11.5 Å². The predicted octanol–water partition coefficient (Wildman–Crippen LogP) is 4.61. The Labute approximate surface area is 189 Å². The molecule has 0 aliphatic carbocycles. The van der Waals surface area contributed by atoms with Gasteiger partial charge in [-0.05, 0) is 30.2 Å². The van der Waals surface area contributed by atoms with E-state index in [-0.39, 0.29) is 30.5 Å². The van der Waals surface area contributed by atoms with Crippen LogP contribution in [0.1, 0.15) is 28.4 Å². The molecule has 7 nitrogen and oxygen atoms in total. The maximum Gasteiger partial charge on any atom is 0.351 e. The van der Waals surface area contributed by atoms with E-state index in [4.69, 9.17) is 23.7 Å². The maximum absolute atomic E-state index is 14.7. The Morgan fingerprint density at radius 1 is 1.15 bits per heavy atom. The molecule has 1 aliphatic rings. The first-order valence-electron chi connectivity index (χ1n) is 10.0. The molecule has 3 aromatic carbocycles. The monoisotopic (exact) mass is 449 g/mol. The third-order valence-corrected chi connectivity index (χ3v) is 5.11. The zero-order valence-electron chi connectivity index (χ0n) is 18.0. The van der Waals surface area contributed by atoms with E-state index in [1.807, 2.05) is 19.1 Å². The van der Waals surface area contributed by atoms with Gasteiger partial charge in [-0.15, -0.1) is 0 Å². The van der Waals surface area contributed by atoms with Gasteiger partial charge in [0.2, 0.25) is 12.9 Å². The molecule has 1 atom stereocenters. The summed E-state index contributed by atoms with van der Waals surface area (Å²) in [7, 11) is 1.23. The lowest BCUT2D eigenvalue weighted by molar-refractivity contribution is -0.149. The summed E-state index contributed by atoms with van der Waals surface area (Å²) in [6, 6.07) is 16.7. The minimum atomic E-state index is -1.19. The summed E-state index contributed by atoms with van der Waals surface area (Å²) in [5.41, 5.74) is 1.76. The number of aryl methyl sites for hydroxylation is 1. The summed E-state index contributed by atoms with van der Waals surface area (Å²) in [6.45, 7) is 2.08. The Balaban J connectivity index is 1.61. The fourth-order valence-electron chi connectivity index (χ4n) is 3.39. The molecule has 8 heteroatoms. The Morgan fingerprint density at radius 3 is 2.70 bits per heavy atom. The van der Waals surface area contributed by atoms with E-state index in [0.29, 0.717) is 17.1 Å². The number of methoxy groups -OCH3 is 1. The Bertz CT molecular complexity index is 1240. The van der Waals surface area contributed by atoms with Crippen LogP contribution in [0.3, 0.4) is 0 Å². The molecule has 1 heterocycles. The lowest BCUT2D eigenvalue weighted by Crippen LogP contribution is -2.21. The molecule has 1 aliphatic heterocycles. The normalized spacial score (nSPS) is 12.5. The van der Waals surface area contributed by atoms with Crippen LogP contribution in [0.4, 0.5) is 4.39 Å². The SMILES string of the molecule is COC(=O)C(Oc1cc(OCc2ccc3c(c2)OCO3)cc(F)c1C#N)c1ccccc1C. The van der Waals surface area contributed by atoms with Crippen molar-refractivity contribution in [1.82, 2.24) is 0 Å². The summed E-state index contributed by atoms with van der Waals surface area (Å²) in [5, 5.41) is 9.47. The molecular formula is C25H20FNO6. The average Bonchev–Trinajstić information content (AvgIpc) is 3.29. The zero-order chi connectivity index (χ0) is 23.4. The molecule has 168 valence electrons. The average molecular weight is 449 g/mol. The summed E-state index contributed by atoms with van der Waals surface area (Å²) >= 11 is 0. The standard InChI is InChI=1S/C25H20FNO6/c1-15-5-3-4-6-18(15)24(25(28)29-2)33-22-11-17(10-20(26)19(22)12-27)30-13-16-7-8-21-23(9-16)32-14-31-21/h3-11,24H,13-14H2,1-2H3. The molecule has 4 rings (SSSR count). The van der Waals surface area contributed by atoms with E-state index in [1.165, 1.54) is 13.2 Å². The molecule has 3 aromatic rings. The van der Waals surface area contributed by atoms with Gasteiger partial charge in [0, 0.05) is 17.7 Å². The number of ether oxygens (including phenoxy) is 5. The van der Waals surface area contributed by atoms with Crippen molar-refractivity contribution in [3.63, 3.8) is 0 Å². The van der Waals surface area contributed by atoms with Crippen LogP contribution >= 0.6 is 0 Å². The number of carbonyl (C=O) groups excluding carboxylic acids is 1. The number of nitriles is 1. The number of hydrogen-bond donors (Lipinski definition) is 0. The molecule has 1 unspecified atom stereocenters. The Morgan fingerprint density at radius 2 is 1.94 bits per heavy atom. The van der Waals surface area contributed by atoms with E-state index in [9.17, 15) is 14.4 Å². The van der Waals surface area contributed by atoms with Gasteiger partial charge < -0.3 is 23.7 Å². The molecule has 0 radical (unpaired) electrons. The van der Waals surface area contributed by atoms with Crippen molar-refractivity contribution >= 4 is 5.97 Å². The second-order valence-electron chi connectivity index (χ2n) is 7.24. The first-order valence-corrected chi connectivity index (χ1v) is 10.0. The summed E-state index contributed by atoms with van der Waals surface area (Å²) in [4.78, 5) is 12.5. The minimum absolute atomic E-state index is 0.111. The first kappa shape index (κ1) is 22.0. The summed E-state index contributed by atoms with van der Waals surface area (Å²) < 4.78 is 41.8. The van der Waals surface area contributed by atoms with Gasteiger partial charge in [0.25, 0.3) is 0 Å². The fraction of sp³-hybridized carbons (Fsp3) is 0.200. The summed E-state index contributed by atoms with van der Waals surface area (Å²) in [6.07, 6.45) is -1.19. The predicted molar refractivity (Wildman–Crippen MR) is 115 cm³/mol. The molecule has 0 saturated heterocycles. The van der Waals surface area contributed by atoms with E-state index in [2.05, 4.69) is 0 Å². The topological polar surface area (TPSA) is 87.0 Å². The van der Waals surface area contributed by atoms with Gasteiger partial charge in [0.05, 0.1) is 7.11 Å². The molecule has 0 amide bonds. The number of nitrogens with zero attached hydrogens (tertiary/aromatic N) is 1. The molecular weight excluding hydrogens is 429 g/mol. The van der Waals surface area contributed by atoms with Gasteiger partial charge in [-0.25, -0.2) is 9.18 Å². The van der Waals surface area contributed by atoms with Crippen molar-refractivity contribution in [1.29, 1.82) is 5.26 Å². The zero-order valence-corrected chi connectivity index (χ0v) is 18.0. The van der Waals surface area contributed by atoms with Crippen LogP contribution in [-0.4, -0.2) is 19.9 Å². The largest absolute Gasteiger partial charge is 0.489 e. The maximum atomic E-state index is 14.7. The minimum Gasteiger partial charge on any atom is -0.489 e. The Hall–Kier alpha value is -4.25. The van der Waals surface area contributed by atoms with Crippen molar-refractivity contribution in [2.24, 2.45) is 0 Å². The second kappa shape index (κ2) is 9.49. The lowest BCUT2D eigenvalue weighted by atomic mass is 10.0. The molecule has 0 fully saturated rings. The number of carbonyl (C=O) groups is 1. The van der Waals surface area contributed by atoms with Crippen LogP contribution < -0.4 is 18.9 Å². The van der Waals surface area contributed by atoms with Gasteiger partial charge in [-0.1, -0.05) is 30.3 Å². The summed E-state index contributed by atoms with van der Waals surface area (Å²) in [5.74, 6) is -0.261. The quantitative estimate of drug-likeness (QED) is 0.487. The Kier molecular flexibility index (Phi) is 6.31.